The zero-order chi connectivity index (χ0) is 16.2. The monoisotopic (exact) mass is 308 g/mol. The number of rotatable bonds is 2. The van der Waals surface area contributed by atoms with Gasteiger partial charge >= 0.3 is 5.97 Å². The maximum Gasteiger partial charge on any atom is 0.324 e. The molecule has 0 aliphatic carbocycles. The molecular weight excluding hydrogens is 284 g/mol. The summed E-state index contributed by atoms with van der Waals surface area (Å²) in [5.41, 5.74) is -0.0937. The Hall–Kier alpha value is -1.43. The number of esters is 1. The summed E-state index contributed by atoms with van der Waals surface area (Å²) in [5, 5.41) is 0. The lowest BCUT2D eigenvalue weighted by Crippen LogP contribution is -2.55. The van der Waals surface area contributed by atoms with Crippen LogP contribution in [0.15, 0.2) is 0 Å². The number of carbonyl (C=O) groups is 3. The molecule has 0 saturated carbocycles. The molecule has 3 aliphatic rings. The average Bonchev–Trinajstić information content (AvgIpc) is 2.90. The van der Waals surface area contributed by atoms with Crippen LogP contribution in [0.1, 0.15) is 33.6 Å². The Balaban J connectivity index is 2.05. The van der Waals surface area contributed by atoms with Crippen LogP contribution in [-0.4, -0.2) is 59.9 Å². The standard InChI is InChI=1S/C16H24N2O4/c1-5-22-15(21)11-9-10(14(20)17(4)13(9)19)12-16(2,3)7-6-8-18(11)12/h9-12H,5-8H2,1-4H3/t9-,10+,11?,12?/m1/s1. The zero-order valence-electron chi connectivity index (χ0n) is 13.7. The van der Waals surface area contributed by atoms with Gasteiger partial charge in [-0.25, -0.2) is 0 Å². The van der Waals surface area contributed by atoms with Crippen molar-refractivity contribution in [2.75, 3.05) is 20.2 Å². The Morgan fingerprint density at radius 3 is 2.55 bits per heavy atom. The molecule has 3 heterocycles. The number of imide groups is 1. The summed E-state index contributed by atoms with van der Waals surface area (Å²) in [5.74, 6) is -1.75. The molecule has 22 heavy (non-hydrogen) atoms. The van der Waals surface area contributed by atoms with Gasteiger partial charge in [-0.2, -0.15) is 0 Å². The first-order valence-corrected chi connectivity index (χ1v) is 8.05. The van der Waals surface area contributed by atoms with Crippen molar-refractivity contribution < 1.29 is 19.1 Å². The minimum absolute atomic E-state index is 0.0675. The summed E-state index contributed by atoms with van der Waals surface area (Å²) in [4.78, 5) is 40.9. The van der Waals surface area contributed by atoms with Crippen molar-refractivity contribution in [2.45, 2.75) is 45.7 Å². The molecule has 3 fully saturated rings. The summed E-state index contributed by atoms with van der Waals surface area (Å²) in [7, 11) is 1.52. The fraction of sp³-hybridized carbons (Fsp3) is 0.812. The minimum Gasteiger partial charge on any atom is -0.465 e. The van der Waals surface area contributed by atoms with E-state index in [9.17, 15) is 14.4 Å². The largest absolute Gasteiger partial charge is 0.465 e. The van der Waals surface area contributed by atoms with Crippen molar-refractivity contribution in [1.82, 2.24) is 9.80 Å². The van der Waals surface area contributed by atoms with E-state index in [0.717, 1.165) is 19.4 Å². The van der Waals surface area contributed by atoms with E-state index in [-0.39, 0.29) is 35.8 Å². The van der Waals surface area contributed by atoms with Gasteiger partial charge in [0, 0.05) is 13.1 Å². The summed E-state index contributed by atoms with van der Waals surface area (Å²) in [6, 6.07) is -0.682. The molecule has 0 bridgehead atoms. The van der Waals surface area contributed by atoms with Crippen molar-refractivity contribution in [2.24, 2.45) is 17.3 Å². The first-order valence-electron chi connectivity index (χ1n) is 8.05. The van der Waals surface area contributed by atoms with E-state index < -0.39 is 17.9 Å². The Kier molecular flexibility index (Phi) is 3.55. The van der Waals surface area contributed by atoms with E-state index in [1.165, 1.54) is 11.9 Å². The topological polar surface area (TPSA) is 66.9 Å². The third-order valence-electron chi connectivity index (χ3n) is 5.58. The molecule has 0 aromatic heterocycles. The maximum absolute atomic E-state index is 12.6. The van der Waals surface area contributed by atoms with Crippen molar-refractivity contribution in [1.29, 1.82) is 0 Å². The van der Waals surface area contributed by atoms with Crippen LogP contribution in [0.2, 0.25) is 0 Å². The van der Waals surface area contributed by atoms with Crippen molar-refractivity contribution >= 4 is 17.8 Å². The van der Waals surface area contributed by atoms with Gasteiger partial charge in [-0.15, -0.1) is 0 Å². The molecule has 0 aromatic carbocycles. The van der Waals surface area contributed by atoms with Crippen LogP contribution in [-0.2, 0) is 19.1 Å². The summed E-state index contributed by atoms with van der Waals surface area (Å²) >= 11 is 0. The molecule has 6 heteroatoms. The molecule has 122 valence electrons. The molecule has 3 saturated heterocycles. The van der Waals surface area contributed by atoms with Crippen LogP contribution in [0.3, 0.4) is 0 Å². The molecule has 0 N–H and O–H groups in total. The fourth-order valence-corrected chi connectivity index (χ4v) is 4.70. The van der Waals surface area contributed by atoms with Gasteiger partial charge in [0.2, 0.25) is 11.8 Å². The van der Waals surface area contributed by atoms with Gasteiger partial charge in [0.05, 0.1) is 18.4 Å². The lowest BCUT2D eigenvalue weighted by Gasteiger charge is -2.45. The average molecular weight is 308 g/mol. The molecule has 3 rings (SSSR count). The minimum atomic E-state index is -0.615. The predicted octanol–water partition coefficient (Wildman–Crippen LogP) is 0.653. The number of carbonyl (C=O) groups excluding carboxylic acids is 3. The van der Waals surface area contributed by atoms with Crippen molar-refractivity contribution in [3.05, 3.63) is 0 Å². The van der Waals surface area contributed by atoms with Gasteiger partial charge in [0.1, 0.15) is 6.04 Å². The quantitative estimate of drug-likeness (QED) is 0.553. The molecule has 0 aromatic rings. The first-order chi connectivity index (χ1) is 10.3. The van der Waals surface area contributed by atoms with E-state index in [1.807, 2.05) is 0 Å². The van der Waals surface area contributed by atoms with E-state index in [0.29, 0.717) is 0 Å². The van der Waals surface area contributed by atoms with Gasteiger partial charge in [-0.05, 0) is 31.7 Å². The number of hydrogen-bond donors (Lipinski definition) is 0. The van der Waals surface area contributed by atoms with E-state index in [2.05, 4.69) is 18.7 Å². The molecule has 6 nitrogen and oxygen atoms in total. The number of ether oxygens (including phenoxy) is 1. The predicted molar refractivity (Wildman–Crippen MR) is 78.7 cm³/mol. The van der Waals surface area contributed by atoms with Gasteiger partial charge in [-0.1, -0.05) is 13.8 Å². The lowest BCUT2D eigenvalue weighted by atomic mass is 9.71. The van der Waals surface area contributed by atoms with Crippen LogP contribution < -0.4 is 0 Å². The van der Waals surface area contributed by atoms with Crippen LogP contribution in [0.4, 0.5) is 0 Å². The molecule has 0 spiro atoms. The number of amides is 2. The first kappa shape index (κ1) is 15.5. The highest BCUT2D eigenvalue weighted by Crippen LogP contribution is 2.52. The lowest BCUT2D eigenvalue weighted by molar-refractivity contribution is -0.155. The highest BCUT2D eigenvalue weighted by Gasteiger charge is 2.66. The summed E-state index contributed by atoms with van der Waals surface area (Å²) in [6.07, 6.45) is 1.97. The number of piperidine rings is 1. The number of likely N-dealkylation sites (tertiary alicyclic amines) is 1. The van der Waals surface area contributed by atoms with Crippen LogP contribution in [0.5, 0.6) is 0 Å². The van der Waals surface area contributed by atoms with Gasteiger partial charge in [0.15, 0.2) is 0 Å². The second-order valence-corrected chi connectivity index (χ2v) is 7.26. The third-order valence-corrected chi connectivity index (χ3v) is 5.58. The number of hydrogen-bond acceptors (Lipinski definition) is 5. The van der Waals surface area contributed by atoms with E-state index in [1.54, 1.807) is 6.92 Å². The Labute approximate surface area is 130 Å². The highest BCUT2D eigenvalue weighted by atomic mass is 16.5. The Morgan fingerprint density at radius 2 is 1.91 bits per heavy atom. The molecule has 0 radical (unpaired) electrons. The molecule has 2 amide bonds. The van der Waals surface area contributed by atoms with E-state index >= 15 is 0 Å². The molecule has 3 aliphatic heterocycles. The normalized spacial score (nSPS) is 37.2. The second-order valence-electron chi connectivity index (χ2n) is 7.26. The Morgan fingerprint density at radius 1 is 1.27 bits per heavy atom. The van der Waals surface area contributed by atoms with Crippen LogP contribution >= 0.6 is 0 Å². The number of fused-ring (bicyclic) bond motifs is 3. The maximum atomic E-state index is 12.6. The SMILES string of the molecule is CCOC(=O)C1[C@@H]2C(=O)N(C)C(=O)[C@@H]2C2N1CCCC2(C)C. The highest BCUT2D eigenvalue weighted by molar-refractivity contribution is 6.08. The number of nitrogens with zero attached hydrogens (tertiary/aromatic N) is 2. The Bertz CT molecular complexity index is 530. The molecule has 4 atom stereocenters. The van der Waals surface area contributed by atoms with Crippen molar-refractivity contribution in [3.63, 3.8) is 0 Å². The van der Waals surface area contributed by atoms with Gasteiger partial charge in [0.25, 0.3) is 0 Å². The molecular formula is C16H24N2O4. The summed E-state index contributed by atoms with van der Waals surface area (Å²) < 4.78 is 5.21. The van der Waals surface area contributed by atoms with Crippen LogP contribution in [0, 0.1) is 17.3 Å². The smallest absolute Gasteiger partial charge is 0.324 e. The van der Waals surface area contributed by atoms with Gasteiger partial charge in [-0.3, -0.25) is 24.2 Å². The zero-order valence-corrected chi connectivity index (χ0v) is 13.7. The second kappa shape index (κ2) is 5.05. The van der Waals surface area contributed by atoms with Crippen LogP contribution in [0.25, 0.3) is 0 Å². The van der Waals surface area contributed by atoms with Gasteiger partial charge < -0.3 is 4.74 Å². The van der Waals surface area contributed by atoms with E-state index in [4.69, 9.17) is 4.74 Å². The third kappa shape index (κ3) is 1.93. The van der Waals surface area contributed by atoms with Crippen molar-refractivity contribution in [3.8, 4) is 0 Å². The fourth-order valence-electron chi connectivity index (χ4n) is 4.70. The molecule has 2 unspecified atom stereocenters. The summed E-state index contributed by atoms with van der Waals surface area (Å²) in [6.45, 7) is 7.05.